The third-order valence-electron chi connectivity index (χ3n) is 4.32. The summed E-state index contributed by atoms with van der Waals surface area (Å²) in [5.41, 5.74) is 0.897. The molecule has 29 heavy (non-hydrogen) atoms. The van der Waals surface area contributed by atoms with E-state index in [4.69, 9.17) is 11.6 Å². The standard InChI is InChI=1S/C22H25ClN2O4/c1-14(2)10-19(25-21(28)18-12-16(23)8-9-20(18)27)22(29)24-17(13-26)11-15-6-4-3-5-7-15/h3-9,12-14,17,19,27H,10-11H2,1-2H3,(H,24,29)(H,25,28)/t17-,19-/m0/s1. The topological polar surface area (TPSA) is 95.5 Å². The molecule has 0 aliphatic heterocycles. The zero-order valence-electron chi connectivity index (χ0n) is 16.4. The van der Waals surface area contributed by atoms with Gasteiger partial charge in [-0.25, -0.2) is 0 Å². The third kappa shape index (κ3) is 6.91. The Balaban J connectivity index is 2.11. The number of phenols is 1. The van der Waals surface area contributed by atoms with Crippen molar-refractivity contribution in [1.29, 1.82) is 0 Å². The highest BCUT2D eigenvalue weighted by Gasteiger charge is 2.25. The summed E-state index contributed by atoms with van der Waals surface area (Å²) < 4.78 is 0. The molecule has 154 valence electrons. The van der Waals surface area contributed by atoms with Gasteiger partial charge in [-0.05, 0) is 42.5 Å². The van der Waals surface area contributed by atoms with Gasteiger partial charge in [-0.2, -0.15) is 0 Å². The van der Waals surface area contributed by atoms with Gasteiger partial charge in [0.15, 0.2) is 0 Å². The van der Waals surface area contributed by atoms with Crippen LogP contribution >= 0.6 is 11.6 Å². The van der Waals surface area contributed by atoms with Crippen LogP contribution in [0.2, 0.25) is 5.02 Å². The van der Waals surface area contributed by atoms with Crippen molar-refractivity contribution in [3.8, 4) is 5.75 Å². The zero-order valence-corrected chi connectivity index (χ0v) is 17.1. The van der Waals surface area contributed by atoms with E-state index in [-0.39, 0.29) is 17.2 Å². The summed E-state index contributed by atoms with van der Waals surface area (Å²) in [6.45, 7) is 3.84. The van der Waals surface area contributed by atoms with Crippen LogP contribution in [0, 0.1) is 5.92 Å². The van der Waals surface area contributed by atoms with Crippen molar-refractivity contribution < 1.29 is 19.5 Å². The molecule has 0 spiro atoms. The summed E-state index contributed by atoms with van der Waals surface area (Å²) in [7, 11) is 0. The number of hydrogen-bond donors (Lipinski definition) is 3. The van der Waals surface area contributed by atoms with Crippen molar-refractivity contribution >= 4 is 29.7 Å². The van der Waals surface area contributed by atoms with Crippen LogP contribution in [0.3, 0.4) is 0 Å². The number of rotatable bonds is 9. The molecule has 0 saturated heterocycles. The first-order chi connectivity index (χ1) is 13.8. The van der Waals surface area contributed by atoms with E-state index in [2.05, 4.69) is 10.6 Å². The van der Waals surface area contributed by atoms with Gasteiger partial charge in [0.2, 0.25) is 5.91 Å². The summed E-state index contributed by atoms with van der Waals surface area (Å²) in [6, 6.07) is 11.9. The summed E-state index contributed by atoms with van der Waals surface area (Å²) in [6.07, 6.45) is 1.41. The van der Waals surface area contributed by atoms with Crippen molar-refractivity contribution in [2.75, 3.05) is 0 Å². The Bertz CT molecular complexity index is 855. The number of phenolic OH excluding ortho intramolecular Hbond substituents is 1. The number of hydrogen-bond acceptors (Lipinski definition) is 4. The fourth-order valence-corrected chi connectivity index (χ4v) is 3.09. The van der Waals surface area contributed by atoms with Crippen LogP contribution in [-0.4, -0.2) is 35.3 Å². The first-order valence-electron chi connectivity index (χ1n) is 9.39. The minimum absolute atomic E-state index is 0.0183. The number of nitrogens with one attached hydrogen (secondary N) is 2. The average Bonchev–Trinajstić information content (AvgIpc) is 2.69. The summed E-state index contributed by atoms with van der Waals surface area (Å²) >= 11 is 5.90. The van der Waals surface area contributed by atoms with E-state index in [1.807, 2.05) is 44.2 Å². The van der Waals surface area contributed by atoms with Crippen molar-refractivity contribution in [3.05, 3.63) is 64.7 Å². The Morgan fingerprint density at radius 2 is 1.79 bits per heavy atom. The summed E-state index contributed by atoms with van der Waals surface area (Å²) in [4.78, 5) is 36.8. The normalized spacial score (nSPS) is 12.8. The number of halogens is 1. The van der Waals surface area contributed by atoms with E-state index in [1.54, 1.807) is 0 Å². The highest BCUT2D eigenvalue weighted by Crippen LogP contribution is 2.21. The van der Waals surface area contributed by atoms with E-state index in [9.17, 15) is 19.5 Å². The van der Waals surface area contributed by atoms with E-state index < -0.39 is 23.9 Å². The fourth-order valence-electron chi connectivity index (χ4n) is 2.91. The molecule has 2 atom stereocenters. The monoisotopic (exact) mass is 416 g/mol. The summed E-state index contributed by atoms with van der Waals surface area (Å²) in [5, 5.41) is 15.5. The fraction of sp³-hybridized carbons (Fsp3) is 0.318. The predicted octanol–water partition coefficient (Wildman–Crippen LogP) is 3.12. The Labute approximate surface area is 175 Å². The molecule has 3 N–H and O–H groups in total. The minimum Gasteiger partial charge on any atom is -0.507 e. The van der Waals surface area contributed by atoms with Crippen LogP contribution in [0.25, 0.3) is 0 Å². The zero-order chi connectivity index (χ0) is 21.4. The molecular formula is C22H25ClN2O4. The lowest BCUT2D eigenvalue weighted by atomic mass is 10.0. The molecule has 0 heterocycles. The first-order valence-corrected chi connectivity index (χ1v) is 9.77. The summed E-state index contributed by atoms with van der Waals surface area (Å²) in [5.74, 6) is -1.19. The van der Waals surface area contributed by atoms with E-state index >= 15 is 0 Å². The van der Waals surface area contributed by atoms with Crippen LogP contribution in [0.5, 0.6) is 5.75 Å². The maximum atomic E-state index is 12.8. The molecule has 2 amide bonds. The molecule has 2 aromatic rings. The molecule has 0 bridgehead atoms. The van der Waals surface area contributed by atoms with E-state index in [1.165, 1.54) is 18.2 Å². The number of aromatic hydroxyl groups is 1. The quantitative estimate of drug-likeness (QED) is 0.547. The third-order valence-corrected chi connectivity index (χ3v) is 4.56. The molecular weight excluding hydrogens is 392 g/mol. The van der Waals surface area contributed by atoms with E-state index in [0.29, 0.717) is 24.2 Å². The lowest BCUT2D eigenvalue weighted by Gasteiger charge is -2.22. The number of carbonyl (C=O) groups excluding carboxylic acids is 3. The van der Waals surface area contributed by atoms with Crippen molar-refractivity contribution in [3.63, 3.8) is 0 Å². The second kappa shape index (κ2) is 10.6. The van der Waals surface area contributed by atoms with Crippen molar-refractivity contribution in [2.45, 2.75) is 38.8 Å². The Hall–Kier alpha value is -2.86. The highest BCUT2D eigenvalue weighted by molar-refractivity contribution is 6.31. The van der Waals surface area contributed by atoms with Gasteiger partial charge in [0.05, 0.1) is 11.6 Å². The molecule has 2 rings (SSSR count). The van der Waals surface area contributed by atoms with Crippen LogP contribution in [-0.2, 0) is 16.0 Å². The largest absolute Gasteiger partial charge is 0.507 e. The molecule has 0 saturated carbocycles. The minimum atomic E-state index is -0.862. The maximum Gasteiger partial charge on any atom is 0.255 e. The molecule has 0 fully saturated rings. The van der Waals surface area contributed by atoms with Crippen molar-refractivity contribution in [2.24, 2.45) is 5.92 Å². The van der Waals surface area contributed by atoms with Gasteiger partial charge in [-0.1, -0.05) is 55.8 Å². The maximum absolute atomic E-state index is 12.8. The molecule has 0 unspecified atom stereocenters. The van der Waals surface area contributed by atoms with Crippen LogP contribution in [0.15, 0.2) is 48.5 Å². The van der Waals surface area contributed by atoms with Crippen LogP contribution < -0.4 is 10.6 Å². The number of benzene rings is 2. The molecule has 0 aromatic heterocycles. The Morgan fingerprint density at radius 3 is 2.41 bits per heavy atom. The lowest BCUT2D eigenvalue weighted by molar-refractivity contribution is -0.126. The van der Waals surface area contributed by atoms with Gasteiger partial charge in [0, 0.05) is 5.02 Å². The molecule has 6 nitrogen and oxygen atoms in total. The van der Waals surface area contributed by atoms with Gasteiger partial charge in [0.25, 0.3) is 5.91 Å². The van der Waals surface area contributed by atoms with Gasteiger partial charge in [-0.15, -0.1) is 0 Å². The second-order valence-corrected chi connectivity index (χ2v) is 7.69. The Kier molecular flexibility index (Phi) is 8.21. The molecule has 7 heteroatoms. The Morgan fingerprint density at radius 1 is 1.10 bits per heavy atom. The van der Waals surface area contributed by atoms with E-state index in [0.717, 1.165) is 5.56 Å². The number of aldehydes is 1. The number of amides is 2. The van der Waals surface area contributed by atoms with Crippen molar-refractivity contribution in [1.82, 2.24) is 10.6 Å². The van der Waals surface area contributed by atoms with Crippen LogP contribution in [0.4, 0.5) is 0 Å². The average molecular weight is 417 g/mol. The smallest absolute Gasteiger partial charge is 0.255 e. The number of carbonyl (C=O) groups is 3. The SMILES string of the molecule is CC(C)C[C@H](NC(=O)c1cc(Cl)ccc1O)C(=O)N[C@H](C=O)Cc1ccccc1. The molecule has 0 radical (unpaired) electrons. The molecule has 2 aromatic carbocycles. The second-order valence-electron chi connectivity index (χ2n) is 7.26. The van der Waals surface area contributed by atoms with Gasteiger partial charge in [0.1, 0.15) is 18.1 Å². The lowest BCUT2D eigenvalue weighted by Crippen LogP contribution is -2.51. The molecule has 0 aliphatic carbocycles. The predicted molar refractivity (Wildman–Crippen MR) is 112 cm³/mol. The van der Waals surface area contributed by atoms with Gasteiger partial charge < -0.3 is 20.5 Å². The highest BCUT2D eigenvalue weighted by atomic mass is 35.5. The van der Waals surface area contributed by atoms with Gasteiger partial charge in [-0.3, -0.25) is 9.59 Å². The van der Waals surface area contributed by atoms with Crippen LogP contribution in [0.1, 0.15) is 36.2 Å². The first kappa shape index (κ1) is 22.4. The van der Waals surface area contributed by atoms with Gasteiger partial charge >= 0.3 is 0 Å². The molecule has 0 aliphatic rings.